The first kappa shape index (κ1) is 19.4. The van der Waals surface area contributed by atoms with Gasteiger partial charge in [0.15, 0.2) is 0 Å². The highest BCUT2D eigenvalue weighted by molar-refractivity contribution is 5.88. The number of amides is 2. The third-order valence-electron chi connectivity index (χ3n) is 4.09. The largest absolute Gasteiger partial charge is 0.467 e. The zero-order chi connectivity index (χ0) is 17.4. The minimum atomic E-state index is -0.802. The molecule has 23 heavy (non-hydrogen) atoms. The van der Waals surface area contributed by atoms with Gasteiger partial charge in [-0.2, -0.15) is 0 Å². The summed E-state index contributed by atoms with van der Waals surface area (Å²) in [5, 5.41) is 8.49. The van der Waals surface area contributed by atoms with Gasteiger partial charge in [0, 0.05) is 12.5 Å². The molecule has 0 radical (unpaired) electrons. The van der Waals surface area contributed by atoms with Crippen LogP contribution in [0.2, 0.25) is 0 Å². The Hall–Kier alpha value is -1.63. The van der Waals surface area contributed by atoms with Gasteiger partial charge in [0.2, 0.25) is 11.8 Å². The second kappa shape index (κ2) is 9.50. The molecule has 0 aromatic carbocycles. The van der Waals surface area contributed by atoms with E-state index >= 15 is 0 Å². The van der Waals surface area contributed by atoms with Crippen molar-refractivity contribution in [3.8, 4) is 0 Å². The van der Waals surface area contributed by atoms with Crippen molar-refractivity contribution < 1.29 is 19.1 Å². The zero-order valence-corrected chi connectivity index (χ0v) is 14.5. The van der Waals surface area contributed by atoms with E-state index in [0.717, 1.165) is 12.8 Å². The number of hydrogen-bond donors (Lipinski definition) is 3. The van der Waals surface area contributed by atoms with Gasteiger partial charge in [0.1, 0.15) is 6.04 Å². The number of nitrogens with one attached hydrogen (secondary N) is 3. The maximum atomic E-state index is 12.4. The third-order valence-corrected chi connectivity index (χ3v) is 4.09. The van der Waals surface area contributed by atoms with Gasteiger partial charge in [-0.15, -0.1) is 0 Å². The molecule has 1 saturated heterocycles. The molecule has 0 aromatic heterocycles. The lowest BCUT2D eigenvalue weighted by atomic mass is 9.91. The van der Waals surface area contributed by atoms with Crippen LogP contribution in [0.4, 0.5) is 0 Å². The Morgan fingerprint density at radius 3 is 2.57 bits per heavy atom. The number of methoxy groups -OCH3 is 1. The average Bonchev–Trinajstić information content (AvgIpc) is 2.52. The van der Waals surface area contributed by atoms with Gasteiger partial charge < -0.3 is 20.7 Å². The molecule has 0 aliphatic carbocycles. The Morgan fingerprint density at radius 1 is 1.35 bits per heavy atom. The van der Waals surface area contributed by atoms with Crippen LogP contribution >= 0.6 is 0 Å². The number of rotatable bonds is 8. The van der Waals surface area contributed by atoms with E-state index in [1.54, 1.807) is 7.05 Å². The van der Waals surface area contributed by atoms with Crippen LogP contribution in [0.3, 0.4) is 0 Å². The number of carbonyl (C=O) groups excluding carboxylic acids is 3. The number of ether oxygens (including phenoxy) is 1. The van der Waals surface area contributed by atoms with Gasteiger partial charge in [-0.05, 0) is 38.6 Å². The topological polar surface area (TPSA) is 96.5 Å². The first-order chi connectivity index (χ1) is 10.9. The molecule has 0 unspecified atom stereocenters. The van der Waals surface area contributed by atoms with E-state index in [9.17, 15) is 14.4 Å². The summed E-state index contributed by atoms with van der Waals surface area (Å²) >= 11 is 0. The van der Waals surface area contributed by atoms with Crippen molar-refractivity contribution in [2.45, 2.75) is 51.6 Å². The van der Waals surface area contributed by atoms with Crippen LogP contribution in [-0.2, 0) is 19.1 Å². The summed E-state index contributed by atoms with van der Waals surface area (Å²) in [6, 6.07) is -1.17. The average molecular weight is 327 g/mol. The van der Waals surface area contributed by atoms with Crippen LogP contribution in [0.5, 0.6) is 0 Å². The van der Waals surface area contributed by atoms with Crippen LogP contribution < -0.4 is 16.0 Å². The van der Waals surface area contributed by atoms with Gasteiger partial charge in [-0.25, -0.2) is 4.79 Å². The van der Waals surface area contributed by atoms with Crippen molar-refractivity contribution in [1.82, 2.24) is 16.0 Å². The summed E-state index contributed by atoms with van der Waals surface area (Å²) in [5.41, 5.74) is 0. The highest BCUT2D eigenvalue weighted by Crippen LogP contribution is 2.18. The van der Waals surface area contributed by atoms with Gasteiger partial charge in [-0.1, -0.05) is 13.8 Å². The molecule has 1 aliphatic rings. The Morgan fingerprint density at radius 2 is 2.04 bits per heavy atom. The van der Waals surface area contributed by atoms with Crippen molar-refractivity contribution in [3.05, 3.63) is 0 Å². The molecule has 132 valence electrons. The van der Waals surface area contributed by atoms with Gasteiger partial charge >= 0.3 is 5.97 Å². The molecule has 0 aromatic rings. The summed E-state index contributed by atoms with van der Waals surface area (Å²) in [7, 11) is 3.00. The molecule has 7 heteroatoms. The number of hydrogen-bond acceptors (Lipinski definition) is 5. The summed E-state index contributed by atoms with van der Waals surface area (Å²) in [4.78, 5) is 36.2. The SMILES string of the molecule is CN[C@@H](CC(C)C)C(=O)N[C@@H](C[C@@H]1CCCNC1=O)C(=O)OC. The van der Waals surface area contributed by atoms with E-state index in [2.05, 4.69) is 16.0 Å². The van der Waals surface area contributed by atoms with E-state index < -0.39 is 12.0 Å². The third kappa shape index (κ3) is 6.17. The molecule has 2 amide bonds. The lowest BCUT2D eigenvalue weighted by molar-refractivity contribution is -0.146. The van der Waals surface area contributed by atoms with E-state index in [0.29, 0.717) is 18.9 Å². The number of esters is 1. The molecular weight excluding hydrogens is 298 g/mol. The van der Waals surface area contributed by atoms with E-state index in [4.69, 9.17) is 4.74 Å². The minimum Gasteiger partial charge on any atom is -0.467 e. The van der Waals surface area contributed by atoms with Crippen LogP contribution in [-0.4, -0.2) is 50.6 Å². The second-order valence-corrected chi connectivity index (χ2v) is 6.42. The fourth-order valence-corrected chi connectivity index (χ4v) is 2.80. The molecule has 1 heterocycles. The van der Waals surface area contributed by atoms with Gasteiger partial charge in [0.05, 0.1) is 13.2 Å². The van der Waals surface area contributed by atoms with Crippen molar-refractivity contribution >= 4 is 17.8 Å². The van der Waals surface area contributed by atoms with Crippen molar-refractivity contribution in [2.24, 2.45) is 11.8 Å². The highest BCUT2D eigenvalue weighted by atomic mass is 16.5. The lowest BCUT2D eigenvalue weighted by Crippen LogP contribution is -2.51. The maximum absolute atomic E-state index is 12.4. The molecule has 0 spiro atoms. The molecule has 1 fully saturated rings. The summed E-state index contributed by atoms with van der Waals surface area (Å²) < 4.78 is 4.78. The number of piperidine rings is 1. The molecular formula is C16H29N3O4. The molecule has 3 atom stereocenters. The van der Waals surface area contributed by atoms with Crippen molar-refractivity contribution in [3.63, 3.8) is 0 Å². The van der Waals surface area contributed by atoms with Gasteiger partial charge in [0.25, 0.3) is 0 Å². The predicted octanol–water partition coefficient (Wildman–Crippen LogP) is 0.195. The van der Waals surface area contributed by atoms with Gasteiger partial charge in [-0.3, -0.25) is 9.59 Å². The minimum absolute atomic E-state index is 0.0632. The Labute approximate surface area is 137 Å². The zero-order valence-electron chi connectivity index (χ0n) is 14.5. The molecule has 0 bridgehead atoms. The maximum Gasteiger partial charge on any atom is 0.328 e. The van der Waals surface area contributed by atoms with E-state index in [1.807, 2.05) is 13.8 Å². The van der Waals surface area contributed by atoms with Crippen LogP contribution in [0.15, 0.2) is 0 Å². The van der Waals surface area contributed by atoms with Crippen molar-refractivity contribution in [1.29, 1.82) is 0 Å². The number of carbonyl (C=O) groups is 3. The molecule has 0 saturated carbocycles. The molecule has 3 N–H and O–H groups in total. The Balaban J connectivity index is 2.71. The monoisotopic (exact) mass is 327 g/mol. The molecule has 1 rings (SSSR count). The highest BCUT2D eigenvalue weighted by Gasteiger charge is 2.32. The standard InChI is InChI=1S/C16H29N3O4/c1-10(2)8-12(17-3)15(21)19-13(16(22)23-4)9-11-6-5-7-18-14(11)20/h10-13,17H,5-9H2,1-4H3,(H,18,20)(H,19,21)/t11-,12-,13-/m0/s1. The fraction of sp³-hybridized carbons (Fsp3) is 0.812. The summed E-state index contributed by atoms with van der Waals surface area (Å²) in [6.45, 7) is 4.73. The van der Waals surface area contributed by atoms with Crippen molar-refractivity contribution in [2.75, 3.05) is 20.7 Å². The van der Waals surface area contributed by atoms with Crippen LogP contribution in [0.1, 0.15) is 39.5 Å². The second-order valence-electron chi connectivity index (χ2n) is 6.42. The Bertz CT molecular complexity index is 426. The fourth-order valence-electron chi connectivity index (χ4n) is 2.80. The first-order valence-electron chi connectivity index (χ1n) is 8.22. The van der Waals surface area contributed by atoms with E-state index in [1.165, 1.54) is 7.11 Å². The molecule has 7 nitrogen and oxygen atoms in total. The summed E-state index contributed by atoms with van der Waals surface area (Å²) in [6.07, 6.45) is 2.53. The quantitative estimate of drug-likeness (QED) is 0.553. The predicted molar refractivity (Wildman–Crippen MR) is 86.6 cm³/mol. The smallest absolute Gasteiger partial charge is 0.328 e. The van der Waals surface area contributed by atoms with E-state index in [-0.39, 0.29) is 30.2 Å². The normalized spacial score (nSPS) is 20.6. The summed E-state index contributed by atoms with van der Waals surface area (Å²) in [5.74, 6) is -0.749. The van der Waals surface area contributed by atoms with Crippen LogP contribution in [0.25, 0.3) is 0 Å². The Kier molecular flexibility index (Phi) is 8.02. The lowest BCUT2D eigenvalue weighted by Gasteiger charge is -2.27. The number of likely N-dealkylation sites (N-methyl/N-ethyl adjacent to an activating group) is 1. The first-order valence-corrected chi connectivity index (χ1v) is 8.22. The van der Waals surface area contributed by atoms with Crippen LogP contribution in [0, 0.1) is 11.8 Å². The molecule has 1 aliphatic heterocycles.